The van der Waals surface area contributed by atoms with Gasteiger partial charge in [-0.05, 0) is 70.6 Å². The predicted molar refractivity (Wildman–Crippen MR) is 80.7 cm³/mol. The summed E-state index contributed by atoms with van der Waals surface area (Å²) >= 11 is 5.43. The molecule has 0 fully saturated rings. The van der Waals surface area contributed by atoms with E-state index in [1.165, 1.54) is 13.8 Å². The number of anilines is 1. The van der Waals surface area contributed by atoms with Gasteiger partial charge in [0.1, 0.15) is 5.54 Å². The normalized spacial score (nSPS) is 10.9. The van der Waals surface area contributed by atoms with Gasteiger partial charge < -0.3 is 15.7 Å². The molecule has 18 heavy (non-hydrogen) atoms. The van der Waals surface area contributed by atoms with Crippen LogP contribution in [0.15, 0.2) is 22.7 Å². The van der Waals surface area contributed by atoms with Crippen LogP contribution in [-0.4, -0.2) is 22.6 Å². The molecule has 2 amide bonds. The van der Waals surface area contributed by atoms with Crippen molar-refractivity contribution in [3.63, 3.8) is 0 Å². The summed E-state index contributed by atoms with van der Waals surface area (Å²) < 4.78 is 1.69. The number of halogens is 2. The first-order chi connectivity index (χ1) is 8.22. The Hall–Kier alpha value is -0.830. The Labute approximate surface area is 127 Å². The van der Waals surface area contributed by atoms with E-state index in [-0.39, 0.29) is 0 Å². The number of hydrogen-bond acceptors (Lipinski definition) is 2. The summed E-state index contributed by atoms with van der Waals surface area (Å²) in [6.07, 6.45) is 0. The number of hydrogen-bond donors (Lipinski definition) is 3. The maximum Gasteiger partial charge on any atom is 0.328 e. The molecule has 0 atom stereocenters. The molecular weight excluding hydrogens is 415 g/mol. The third-order valence-electron chi connectivity index (χ3n) is 2.14. The smallest absolute Gasteiger partial charge is 0.328 e. The summed E-state index contributed by atoms with van der Waals surface area (Å²) in [5.74, 6) is -1.10. The predicted octanol–water partition coefficient (Wildman–Crippen LogP) is 3.04. The summed E-state index contributed by atoms with van der Waals surface area (Å²) in [7, 11) is 0. The minimum atomic E-state index is -1.32. The van der Waals surface area contributed by atoms with Crippen molar-refractivity contribution in [3.05, 3.63) is 26.2 Å². The first kappa shape index (κ1) is 15.2. The Kier molecular flexibility index (Phi) is 4.97. The molecule has 0 radical (unpaired) electrons. The molecule has 0 aliphatic heterocycles. The summed E-state index contributed by atoms with van der Waals surface area (Å²) in [6.45, 7) is 2.83. The van der Waals surface area contributed by atoms with Crippen molar-refractivity contribution in [2.75, 3.05) is 5.32 Å². The second-order valence-corrected chi connectivity index (χ2v) is 6.23. The number of aliphatic carboxylic acids is 1. The highest BCUT2D eigenvalue weighted by atomic mass is 127. The maximum atomic E-state index is 11.7. The lowest BCUT2D eigenvalue weighted by Gasteiger charge is -2.21. The fourth-order valence-electron chi connectivity index (χ4n) is 1.08. The first-order valence-electron chi connectivity index (χ1n) is 5.00. The number of carboxylic acid groups (broad SMARTS) is 1. The third kappa shape index (κ3) is 4.13. The van der Waals surface area contributed by atoms with Crippen LogP contribution in [-0.2, 0) is 4.79 Å². The first-order valence-corrected chi connectivity index (χ1v) is 6.87. The van der Waals surface area contributed by atoms with Crippen LogP contribution in [0, 0.1) is 3.57 Å². The van der Waals surface area contributed by atoms with Crippen molar-refractivity contribution in [1.82, 2.24) is 5.32 Å². The standard InChI is InChI=1S/C11H12BrIN2O3/c1-11(2,9(16)17)15-10(18)14-8-5-6(13)3-4-7(8)12/h3-5H,1-2H3,(H,16,17)(H2,14,15,18). The Morgan fingerprint density at radius 2 is 2.00 bits per heavy atom. The van der Waals surface area contributed by atoms with E-state index in [2.05, 4.69) is 49.2 Å². The van der Waals surface area contributed by atoms with Crippen LogP contribution >= 0.6 is 38.5 Å². The Balaban J connectivity index is 2.77. The lowest BCUT2D eigenvalue weighted by atomic mass is 10.1. The maximum absolute atomic E-state index is 11.7. The molecule has 5 nitrogen and oxygen atoms in total. The number of carboxylic acids is 1. The Morgan fingerprint density at radius 1 is 1.39 bits per heavy atom. The molecule has 0 spiro atoms. The number of amides is 2. The molecule has 1 rings (SSSR count). The topological polar surface area (TPSA) is 78.4 Å². The van der Waals surface area contributed by atoms with Crippen molar-refractivity contribution < 1.29 is 14.7 Å². The lowest BCUT2D eigenvalue weighted by Crippen LogP contribution is -2.51. The highest BCUT2D eigenvalue weighted by Crippen LogP contribution is 2.24. The summed E-state index contributed by atoms with van der Waals surface area (Å²) in [4.78, 5) is 22.6. The van der Waals surface area contributed by atoms with E-state index in [1.807, 2.05) is 6.07 Å². The van der Waals surface area contributed by atoms with E-state index in [1.54, 1.807) is 12.1 Å². The van der Waals surface area contributed by atoms with E-state index in [4.69, 9.17) is 5.11 Å². The Morgan fingerprint density at radius 3 is 2.56 bits per heavy atom. The number of rotatable bonds is 3. The molecule has 0 aliphatic carbocycles. The molecule has 0 unspecified atom stereocenters. The van der Waals surface area contributed by atoms with Crippen LogP contribution in [0.4, 0.5) is 10.5 Å². The van der Waals surface area contributed by atoms with Gasteiger partial charge in [0.25, 0.3) is 0 Å². The van der Waals surface area contributed by atoms with E-state index < -0.39 is 17.5 Å². The third-order valence-corrected chi connectivity index (χ3v) is 3.50. The summed E-state index contributed by atoms with van der Waals surface area (Å²) in [5, 5.41) is 13.9. The van der Waals surface area contributed by atoms with Gasteiger partial charge in [0.15, 0.2) is 0 Å². The number of nitrogens with one attached hydrogen (secondary N) is 2. The Bertz CT molecular complexity index is 491. The molecule has 0 aliphatic rings. The zero-order valence-corrected chi connectivity index (χ0v) is 13.5. The number of carbonyl (C=O) groups excluding carboxylic acids is 1. The number of carbonyl (C=O) groups is 2. The van der Waals surface area contributed by atoms with Gasteiger partial charge in [-0.3, -0.25) is 0 Å². The molecule has 0 saturated heterocycles. The molecular formula is C11H12BrIN2O3. The second-order valence-electron chi connectivity index (χ2n) is 4.13. The molecule has 0 aromatic heterocycles. The lowest BCUT2D eigenvalue weighted by molar-refractivity contribution is -0.142. The highest BCUT2D eigenvalue weighted by Gasteiger charge is 2.29. The van der Waals surface area contributed by atoms with E-state index in [0.717, 1.165) is 8.04 Å². The second kappa shape index (κ2) is 5.87. The quantitative estimate of drug-likeness (QED) is 0.650. The monoisotopic (exact) mass is 426 g/mol. The largest absolute Gasteiger partial charge is 0.480 e. The van der Waals surface area contributed by atoms with Gasteiger partial charge in [-0.1, -0.05) is 0 Å². The van der Waals surface area contributed by atoms with Crippen molar-refractivity contribution in [2.45, 2.75) is 19.4 Å². The molecule has 3 N–H and O–H groups in total. The average molecular weight is 427 g/mol. The molecule has 0 heterocycles. The van der Waals surface area contributed by atoms with E-state index in [0.29, 0.717) is 5.69 Å². The fourth-order valence-corrected chi connectivity index (χ4v) is 1.92. The molecule has 7 heteroatoms. The average Bonchev–Trinajstić information content (AvgIpc) is 2.22. The fraction of sp³-hybridized carbons (Fsp3) is 0.273. The van der Waals surface area contributed by atoms with E-state index in [9.17, 15) is 9.59 Å². The van der Waals surface area contributed by atoms with Gasteiger partial charge >= 0.3 is 12.0 Å². The van der Waals surface area contributed by atoms with Crippen LogP contribution in [0.1, 0.15) is 13.8 Å². The van der Waals surface area contributed by atoms with Crippen LogP contribution < -0.4 is 10.6 Å². The van der Waals surface area contributed by atoms with Gasteiger partial charge in [-0.2, -0.15) is 0 Å². The van der Waals surface area contributed by atoms with Gasteiger partial charge in [0.05, 0.1) is 5.69 Å². The van der Waals surface area contributed by atoms with Crippen molar-refractivity contribution >= 4 is 56.2 Å². The van der Waals surface area contributed by atoms with E-state index >= 15 is 0 Å². The van der Waals surface area contributed by atoms with Crippen LogP contribution in [0.2, 0.25) is 0 Å². The molecule has 1 aromatic rings. The molecule has 0 saturated carbocycles. The van der Waals surface area contributed by atoms with Crippen molar-refractivity contribution in [3.8, 4) is 0 Å². The van der Waals surface area contributed by atoms with Gasteiger partial charge in [0.2, 0.25) is 0 Å². The zero-order chi connectivity index (χ0) is 13.9. The van der Waals surface area contributed by atoms with Gasteiger partial charge in [-0.25, -0.2) is 9.59 Å². The van der Waals surface area contributed by atoms with Crippen LogP contribution in [0.25, 0.3) is 0 Å². The molecule has 0 bridgehead atoms. The summed E-state index contributed by atoms with van der Waals surface area (Å²) in [5.41, 5.74) is -0.737. The van der Waals surface area contributed by atoms with Crippen LogP contribution in [0.5, 0.6) is 0 Å². The molecule has 1 aromatic carbocycles. The molecule has 98 valence electrons. The van der Waals surface area contributed by atoms with Gasteiger partial charge in [-0.15, -0.1) is 0 Å². The van der Waals surface area contributed by atoms with Crippen LogP contribution in [0.3, 0.4) is 0 Å². The van der Waals surface area contributed by atoms with Crippen molar-refractivity contribution in [2.24, 2.45) is 0 Å². The minimum Gasteiger partial charge on any atom is -0.480 e. The van der Waals surface area contributed by atoms with Gasteiger partial charge in [0, 0.05) is 8.04 Å². The SMILES string of the molecule is CC(C)(NC(=O)Nc1cc(I)ccc1Br)C(=O)O. The summed E-state index contributed by atoms with van der Waals surface area (Å²) in [6, 6.07) is 4.90. The minimum absolute atomic E-state index is 0.565. The highest BCUT2D eigenvalue weighted by molar-refractivity contribution is 14.1. The number of urea groups is 1. The zero-order valence-electron chi connectivity index (χ0n) is 9.75. The van der Waals surface area contributed by atoms with Crippen molar-refractivity contribution in [1.29, 1.82) is 0 Å². The number of benzene rings is 1.